The zero-order valence-corrected chi connectivity index (χ0v) is 12.6. The van der Waals surface area contributed by atoms with Gasteiger partial charge in [-0.25, -0.2) is 10.0 Å². The van der Waals surface area contributed by atoms with Crippen molar-refractivity contribution in [1.29, 1.82) is 0 Å². The van der Waals surface area contributed by atoms with Crippen LogP contribution in [0, 0.1) is 11.8 Å². The Morgan fingerprint density at radius 2 is 1.82 bits per heavy atom. The van der Waals surface area contributed by atoms with Crippen LogP contribution in [0.25, 0.3) is 0 Å². The topological polar surface area (TPSA) is 6.48 Å². The average molecular weight is 240 g/mol. The molecule has 0 aliphatic carbocycles. The Bertz CT molecular complexity index is 203. The normalized spacial score (nSPS) is 24.0. The van der Waals surface area contributed by atoms with Crippen molar-refractivity contribution in [2.75, 3.05) is 20.1 Å². The molecule has 1 aliphatic rings. The van der Waals surface area contributed by atoms with Crippen LogP contribution in [0.15, 0.2) is 0 Å². The largest absolute Gasteiger partial charge is 0.240 e. The first-order chi connectivity index (χ1) is 8.06. The molecule has 2 unspecified atom stereocenters. The van der Waals surface area contributed by atoms with Crippen molar-refractivity contribution in [2.24, 2.45) is 11.8 Å². The van der Waals surface area contributed by atoms with Gasteiger partial charge < -0.3 is 0 Å². The molecule has 1 rings (SSSR count). The highest BCUT2D eigenvalue weighted by atomic mass is 15.7. The Labute approximate surface area is 108 Å². The lowest BCUT2D eigenvalue weighted by molar-refractivity contribution is -0.157. The third-order valence-electron chi connectivity index (χ3n) is 4.40. The summed E-state index contributed by atoms with van der Waals surface area (Å²) >= 11 is 0. The molecule has 0 N–H and O–H groups in total. The summed E-state index contributed by atoms with van der Waals surface area (Å²) < 4.78 is 0. The van der Waals surface area contributed by atoms with Gasteiger partial charge >= 0.3 is 0 Å². The number of nitrogens with zero attached hydrogens (tertiary/aromatic N) is 2. The van der Waals surface area contributed by atoms with E-state index in [-0.39, 0.29) is 0 Å². The van der Waals surface area contributed by atoms with Gasteiger partial charge in [-0.05, 0) is 18.3 Å². The molecule has 0 aromatic heterocycles. The maximum atomic E-state index is 2.51. The van der Waals surface area contributed by atoms with E-state index in [1.165, 1.54) is 45.2 Å². The van der Waals surface area contributed by atoms with Gasteiger partial charge in [0.15, 0.2) is 0 Å². The Balaban J connectivity index is 1.98. The predicted octanol–water partition coefficient (Wildman–Crippen LogP) is 3.78. The van der Waals surface area contributed by atoms with Crippen LogP contribution in [0.2, 0.25) is 0 Å². The van der Waals surface area contributed by atoms with Crippen LogP contribution in [0.1, 0.15) is 59.8 Å². The van der Waals surface area contributed by atoms with Gasteiger partial charge in [-0.3, -0.25) is 0 Å². The van der Waals surface area contributed by atoms with Crippen molar-refractivity contribution in [3.8, 4) is 0 Å². The predicted molar refractivity (Wildman–Crippen MR) is 75.9 cm³/mol. The van der Waals surface area contributed by atoms with Crippen LogP contribution in [-0.2, 0) is 0 Å². The van der Waals surface area contributed by atoms with E-state index in [0.717, 1.165) is 17.9 Å². The summed E-state index contributed by atoms with van der Waals surface area (Å²) in [6.07, 6.45) is 6.94. The summed E-state index contributed by atoms with van der Waals surface area (Å²) in [6.45, 7) is 11.9. The van der Waals surface area contributed by atoms with Gasteiger partial charge in [0.1, 0.15) is 0 Å². The Hall–Kier alpha value is -0.0800. The second-order valence-corrected chi connectivity index (χ2v) is 6.16. The number of hydrazine groups is 1. The Kier molecular flexibility index (Phi) is 6.50. The second kappa shape index (κ2) is 7.38. The van der Waals surface area contributed by atoms with Crippen molar-refractivity contribution >= 4 is 0 Å². The molecule has 1 fully saturated rings. The summed E-state index contributed by atoms with van der Waals surface area (Å²) in [6, 6.07) is 0.787. The minimum Gasteiger partial charge on any atom is -0.240 e. The summed E-state index contributed by atoms with van der Waals surface area (Å²) in [5.41, 5.74) is 0. The van der Waals surface area contributed by atoms with E-state index in [4.69, 9.17) is 0 Å². The third-order valence-corrected chi connectivity index (χ3v) is 4.40. The maximum absolute atomic E-state index is 2.51. The van der Waals surface area contributed by atoms with Crippen LogP contribution in [-0.4, -0.2) is 36.2 Å². The molecule has 0 aromatic carbocycles. The quantitative estimate of drug-likeness (QED) is 0.596. The zero-order valence-electron chi connectivity index (χ0n) is 12.6. The summed E-state index contributed by atoms with van der Waals surface area (Å²) in [4.78, 5) is 0. The molecule has 102 valence electrons. The molecule has 2 nitrogen and oxygen atoms in total. The molecule has 1 aliphatic heterocycles. The standard InChI is InChI=1S/C15H32N2/c1-6-14(4)10-8-7-9-11-17-12-15(13(2)3)16(17)5/h13-15H,6-12H2,1-5H3. The highest BCUT2D eigenvalue weighted by molar-refractivity contribution is 4.83. The second-order valence-electron chi connectivity index (χ2n) is 6.16. The van der Waals surface area contributed by atoms with Crippen molar-refractivity contribution in [3.05, 3.63) is 0 Å². The fourth-order valence-electron chi connectivity index (χ4n) is 2.64. The number of hydrogen-bond donors (Lipinski definition) is 0. The zero-order chi connectivity index (χ0) is 12.8. The molecule has 0 bridgehead atoms. The monoisotopic (exact) mass is 240 g/mol. The van der Waals surface area contributed by atoms with Gasteiger partial charge in [0.25, 0.3) is 0 Å². The molecule has 0 spiro atoms. The molecule has 0 saturated carbocycles. The van der Waals surface area contributed by atoms with Crippen LogP contribution < -0.4 is 0 Å². The van der Waals surface area contributed by atoms with E-state index in [9.17, 15) is 0 Å². The van der Waals surface area contributed by atoms with E-state index in [0.29, 0.717) is 0 Å². The van der Waals surface area contributed by atoms with E-state index in [2.05, 4.69) is 44.8 Å². The first-order valence-corrected chi connectivity index (χ1v) is 7.54. The van der Waals surface area contributed by atoms with Crippen LogP contribution in [0.5, 0.6) is 0 Å². The molecule has 1 saturated heterocycles. The average Bonchev–Trinajstić information content (AvgIpc) is 2.30. The summed E-state index contributed by atoms with van der Waals surface area (Å²) in [7, 11) is 2.24. The SMILES string of the molecule is CCC(C)CCCCCN1CC(C(C)C)N1C. The number of likely N-dealkylation sites (N-methyl/N-ethyl adjacent to an activating group) is 1. The lowest BCUT2D eigenvalue weighted by atomic mass is 9.99. The number of hydrogen-bond acceptors (Lipinski definition) is 2. The molecular weight excluding hydrogens is 208 g/mol. The molecule has 0 radical (unpaired) electrons. The van der Waals surface area contributed by atoms with E-state index in [1.807, 2.05) is 0 Å². The van der Waals surface area contributed by atoms with Crippen LogP contribution >= 0.6 is 0 Å². The molecule has 0 aromatic rings. The molecule has 1 heterocycles. The van der Waals surface area contributed by atoms with Crippen molar-refractivity contribution in [1.82, 2.24) is 10.0 Å². The fourth-order valence-corrected chi connectivity index (χ4v) is 2.64. The van der Waals surface area contributed by atoms with E-state index < -0.39 is 0 Å². The minimum absolute atomic E-state index is 0.787. The highest BCUT2D eigenvalue weighted by Gasteiger charge is 2.34. The van der Waals surface area contributed by atoms with Gasteiger partial charge in [0.2, 0.25) is 0 Å². The lowest BCUT2D eigenvalue weighted by Gasteiger charge is -2.51. The highest BCUT2D eigenvalue weighted by Crippen LogP contribution is 2.23. The Morgan fingerprint density at radius 3 is 2.35 bits per heavy atom. The Morgan fingerprint density at radius 1 is 1.12 bits per heavy atom. The molecule has 2 heteroatoms. The van der Waals surface area contributed by atoms with Crippen molar-refractivity contribution < 1.29 is 0 Å². The first kappa shape index (κ1) is 15.0. The first-order valence-electron chi connectivity index (χ1n) is 7.54. The molecule has 0 amide bonds. The lowest BCUT2D eigenvalue weighted by Crippen LogP contribution is -2.64. The maximum Gasteiger partial charge on any atom is 0.0407 e. The molecular formula is C15H32N2. The van der Waals surface area contributed by atoms with Crippen molar-refractivity contribution in [2.45, 2.75) is 65.8 Å². The number of rotatable bonds is 8. The van der Waals surface area contributed by atoms with Gasteiger partial charge in [-0.1, -0.05) is 53.4 Å². The van der Waals surface area contributed by atoms with Crippen molar-refractivity contribution in [3.63, 3.8) is 0 Å². The smallest absolute Gasteiger partial charge is 0.0407 e. The minimum atomic E-state index is 0.787. The molecule has 17 heavy (non-hydrogen) atoms. The number of unbranched alkanes of at least 4 members (excludes halogenated alkanes) is 2. The van der Waals surface area contributed by atoms with Crippen LogP contribution in [0.3, 0.4) is 0 Å². The van der Waals surface area contributed by atoms with Gasteiger partial charge in [-0.15, -0.1) is 0 Å². The van der Waals surface area contributed by atoms with Gasteiger partial charge in [-0.2, -0.15) is 0 Å². The van der Waals surface area contributed by atoms with E-state index in [1.54, 1.807) is 0 Å². The fraction of sp³-hybridized carbons (Fsp3) is 1.00. The van der Waals surface area contributed by atoms with Gasteiger partial charge in [0.05, 0.1) is 0 Å². The van der Waals surface area contributed by atoms with Crippen LogP contribution in [0.4, 0.5) is 0 Å². The van der Waals surface area contributed by atoms with Gasteiger partial charge in [0, 0.05) is 26.2 Å². The summed E-state index contributed by atoms with van der Waals surface area (Å²) in [5, 5.41) is 4.95. The third kappa shape index (κ3) is 4.59. The summed E-state index contributed by atoms with van der Waals surface area (Å²) in [5.74, 6) is 1.72. The van der Waals surface area contributed by atoms with E-state index >= 15 is 0 Å². The molecule has 2 atom stereocenters.